The summed E-state index contributed by atoms with van der Waals surface area (Å²) < 4.78 is 5.06. The van der Waals surface area contributed by atoms with E-state index in [-0.39, 0.29) is 29.5 Å². The average Bonchev–Trinajstić information content (AvgIpc) is 3.04. The Morgan fingerprint density at radius 1 is 1.19 bits per heavy atom. The monoisotopic (exact) mass is 368 g/mol. The number of hydrogen-bond donors (Lipinski definition) is 2. The van der Waals surface area contributed by atoms with Gasteiger partial charge >= 0.3 is 5.97 Å². The average molecular weight is 368 g/mol. The van der Waals surface area contributed by atoms with E-state index in [0.29, 0.717) is 12.2 Å². The predicted molar refractivity (Wildman–Crippen MR) is 100 cm³/mol. The molecule has 1 aliphatic heterocycles. The summed E-state index contributed by atoms with van der Waals surface area (Å²) in [6.45, 7) is 2.27. The Morgan fingerprint density at radius 3 is 2.52 bits per heavy atom. The first-order valence-electron chi connectivity index (χ1n) is 8.48. The third-order valence-corrected chi connectivity index (χ3v) is 4.54. The van der Waals surface area contributed by atoms with Gasteiger partial charge < -0.3 is 20.1 Å². The first kappa shape index (κ1) is 18.4. The molecular formula is C20H20N2O5. The molecule has 1 unspecified atom stereocenters. The third kappa shape index (κ3) is 3.92. The van der Waals surface area contributed by atoms with Crippen LogP contribution in [-0.2, 0) is 9.59 Å². The lowest BCUT2D eigenvalue weighted by atomic mass is 10.1. The van der Waals surface area contributed by atoms with E-state index in [4.69, 9.17) is 9.84 Å². The fourth-order valence-corrected chi connectivity index (χ4v) is 3.05. The maximum Gasteiger partial charge on any atom is 0.339 e. The Balaban J connectivity index is 1.71. The van der Waals surface area contributed by atoms with Crippen molar-refractivity contribution in [1.82, 2.24) is 0 Å². The molecule has 0 saturated carbocycles. The quantitative estimate of drug-likeness (QED) is 0.846. The number of anilines is 2. The van der Waals surface area contributed by atoms with Crippen molar-refractivity contribution in [2.45, 2.75) is 13.3 Å². The van der Waals surface area contributed by atoms with Crippen LogP contribution in [-0.4, -0.2) is 36.5 Å². The molecule has 0 aromatic heterocycles. The Labute approximate surface area is 156 Å². The van der Waals surface area contributed by atoms with Gasteiger partial charge in [0.2, 0.25) is 11.8 Å². The Bertz CT molecular complexity index is 892. The van der Waals surface area contributed by atoms with Gasteiger partial charge in [0.25, 0.3) is 0 Å². The van der Waals surface area contributed by atoms with Crippen LogP contribution in [0.4, 0.5) is 11.4 Å². The molecule has 0 bridgehead atoms. The number of nitrogens with zero attached hydrogens (tertiary/aromatic N) is 1. The Kier molecular flexibility index (Phi) is 5.12. The van der Waals surface area contributed by atoms with Crippen molar-refractivity contribution >= 4 is 29.2 Å². The highest BCUT2D eigenvalue weighted by molar-refractivity contribution is 6.03. The van der Waals surface area contributed by atoms with Crippen LogP contribution in [0.25, 0.3) is 0 Å². The van der Waals surface area contributed by atoms with Gasteiger partial charge in [-0.2, -0.15) is 0 Å². The van der Waals surface area contributed by atoms with Crippen LogP contribution < -0.4 is 15.0 Å². The lowest BCUT2D eigenvalue weighted by Crippen LogP contribution is -2.28. The zero-order chi connectivity index (χ0) is 19.6. The summed E-state index contributed by atoms with van der Waals surface area (Å²) in [5.74, 6) is -1.83. The molecule has 3 rings (SSSR count). The molecule has 27 heavy (non-hydrogen) atoms. The maximum absolute atomic E-state index is 12.6. The van der Waals surface area contributed by atoms with E-state index in [1.807, 2.05) is 31.2 Å². The number of rotatable bonds is 5. The molecular weight excluding hydrogens is 348 g/mol. The van der Waals surface area contributed by atoms with Crippen LogP contribution in [0.1, 0.15) is 22.3 Å². The van der Waals surface area contributed by atoms with Gasteiger partial charge in [0, 0.05) is 30.4 Å². The molecule has 2 aromatic carbocycles. The van der Waals surface area contributed by atoms with E-state index in [1.165, 1.54) is 25.3 Å². The van der Waals surface area contributed by atoms with Gasteiger partial charge in [0.15, 0.2) is 0 Å². The number of carboxylic acid groups (broad SMARTS) is 1. The molecule has 1 atom stereocenters. The van der Waals surface area contributed by atoms with Crippen molar-refractivity contribution < 1.29 is 24.2 Å². The van der Waals surface area contributed by atoms with Crippen LogP contribution in [0.3, 0.4) is 0 Å². The molecule has 0 aliphatic carbocycles. The first-order valence-corrected chi connectivity index (χ1v) is 8.48. The van der Waals surface area contributed by atoms with Crippen LogP contribution >= 0.6 is 0 Å². The van der Waals surface area contributed by atoms with Crippen molar-refractivity contribution in [2.24, 2.45) is 5.92 Å². The molecule has 2 N–H and O–H groups in total. The Morgan fingerprint density at radius 2 is 1.89 bits per heavy atom. The van der Waals surface area contributed by atoms with Gasteiger partial charge in [-0.1, -0.05) is 17.7 Å². The van der Waals surface area contributed by atoms with Crippen molar-refractivity contribution in [3.63, 3.8) is 0 Å². The van der Waals surface area contributed by atoms with Gasteiger partial charge in [0.1, 0.15) is 11.3 Å². The number of aromatic carboxylic acids is 1. The number of methoxy groups -OCH3 is 1. The van der Waals surface area contributed by atoms with Gasteiger partial charge in [-0.15, -0.1) is 0 Å². The highest BCUT2D eigenvalue weighted by Gasteiger charge is 2.35. The molecule has 1 saturated heterocycles. The summed E-state index contributed by atoms with van der Waals surface area (Å²) in [5, 5.41) is 11.9. The number of ether oxygens (including phenoxy) is 1. The minimum Gasteiger partial charge on any atom is -0.496 e. The van der Waals surface area contributed by atoms with Crippen LogP contribution in [0.15, 0.2) is 42.5 Å². The predicted octanol–water partition coefficient (Wildman–Crippen LogP) is 2.69. The molecule has 2 amide bonds. The smallest absolute Gasteiger partial charge is 0.339 e. The molecule has 7 nitrogen and oxygen atoms in total. The Hall–Kier alpha value is -3.35. The van der Waals surface area contributed by atoms with E-state index < -0.39 is 11.9 Å². The van der Waals surface area contributed by atoms with Gasteiger partial charge in [0.05, 0.1) is 13.0 Å². The molecule has 1 fully saturated rings. The van der Waals surface area contributed by atoms with Crippen molar-refractivity contribution in [1.29, 1.82) is 0 Å². The number of aryl methyl sites for hydroxylation is 1. The second-order valence-corrected chi connectivity index (χ2v) is 6.45. The first-order chi connectivity index (χ1) is 12.9. The van der Waals surface area contributed by atoms with E-state index in [9.17, 15) is 14.4 Å². The van der Waals surface area contributed by atoms with E-state index in [1.54, 1.807) is 4.90 Å². The van der Waals surface area contributed by atoms with Gasteiger partial charge in [-0.05, 0) is 31.2 Å². The summed E-state index contributed by atoms with van der Waals surface area (Å²) in [5.41, 5.74) is 2.30. The highest BCUT2D eigenvalue weighted by Crippen LogP contribution is 2.28. The van der Waals surface area contributed by atoms with Gasteiger partial charge in [-0.25, -0.2) is 4.79 Å². The van der Waals surface area contributed by atoms with Gasteiger partial charge in [-0.3, -0.25) is 9.59 Å². The lowest BCUT2D eigenvalue weighted by Gasteiger charge is -2.17. The SMILES string of the molecule is COc1cc(NC(=O)C2CC(=O)N(c3ccc(C)cc3)C2)ccc1C(=O)O. The zero-order valence-electron chi connectivity index (χ0n) is 15.1. The van der Waals surface area contributed by atoms with Crippen LogP contribution in [0.5, 0.6) is 5.75 Å². The van der Waals surface area contributed by atoms with Crippen molar-refractivity contribution in [3.05, 3.63) is 53.6 Å². The maximum atomic E-state index is 12.6. The summed E-state index contributed by atoms with van der Waals surface area (Å²) in [6, 6.07) is 11.9. The zero-order valence-corrected chi connectivity index (χ0v) is 15.1. The topological polar surface area (TPSA) is 95.9 Å². The minimum absolute atomic E-state index is 0.0112. The standard InChI is InChI=1S/C20H20N2O5/c1-12-3-6-15(7-4-12)22-11-13(9-18(22)23)19(24)21-14-5-8-16(20(25)26)17(10-14)27-2/h3-8,10,13H,9,11H2,1-2H3,(H,21,24)(H,25,26). The van der Waals surface area contributed by atoms with Crippen molar-refractivity contribution in [2.75, 3.05) is 23.9 Å². The fraction of sp³-hybridized carbons (Fsp3) is 0.250. The third-order valence-electron chi connectivity index (χ3n) is 4.54. The van der Waals surface area contributed by atoms with Crippen LogP contribution in [0, 0.1) is 12.8 Å². The molecule has 2 aromatic rings. The molecule has 0 radical (unpaired) electrons. The molecule has 140 valence electrons. The van der Waals surface area contributed by atoms with E-state index in [2.05, 4.69) is 5.32 Å². The molecule has 0 spiro atoms. The largest absolute Gasteiger partial charge is 0.496 e. The summed E-state index contributed by atoms with van der Waals surface area (Å²) in [6.07, 6.45) is 0.129. The van der Waals surface area contributed by atoms with E-state index in [0.717, 1.165) is 11.3 Å². The fourth-order valence-electron chi connectivity index (χ4n) is 3.05. The number of amides is 2. The second kappa shape index (κ2) is 7.49. The second-order valence-electron chi connectivity index (χ2n) is 6.45. The lowest BCUT2D eigenvalue weighted by molar-refractivity contribution is -0.122. The van der Waals surface area contributed by atoms with E-state index >= 15 is 0 Å². The number of carboxylic acids is 1. The minimum atomic E-state index is -1.11. The number of benzene rings is 2. The number of carbonyl (C=O) groups is 3. The summed E-state index contributed by atoms with van der Waals surface area (Å²) >= 11 is 0. The van der Waals surface area contributed by atoms with Crippen LogP contribution in [0.2, 0.25) is 0 Å². The summed E-state index contributed by atoms with van der Waals surface area (Å²) in [4.78, 5) is 37.6. The number of hydrogen-bond acceptors (Lipinski definition) is 4. The highest BCUT2D eigenvalue weighted by atomic mass is 16.5. The number of carbonyl (C=O) groups excluding carboxylic acids is 2. The normalized spacial score (nSPS) is 16.3. The summed E-state index contributed by atoms with van der Waals surface area (Å²) in [7, 11) is 1.36. The molecule has 7 heteroatoms. The molecule has 1 heterocycles. The molecule has 1 aliphatic rings. The van der Waals surface area contributed by atoms with Crippen molar-refractivity contribution in [3.8, 4) is 5.75 Å². The number of nitrogens with one attached hydrogen (secondary N) is 1.